The van der Waals surface area contributed by atoms with Crippen molar-refractivity contribution >= 4 is 21.8 Å². The molecule has 1 heterocycles. The molecule has 0 radical (unpaired) electrons. The molecule has 2 aromatic rings. The van der Waals surface area contributed by atoms with Gasteiger partial charge in [-0.05, 0) is 31.7 Å². The molecule has 1 aromatic heterocycles. The Morgan fingerprint density at radius 1 is 1.26 bits per heavy atom. The number of rotatable bonds is 7. The topological polar surface area (TPSA) is 38.1 Å². The van der Waals surface area contributed by atoms with Gasteiger partial charge < -0.3 is 4.90 Å². The number of likely N-dealkylation sites (N-methyl/N-ethyl adjacent to an activating group) is 1. The first-order valence-electron chi connectivity index (χ1n) is 7.93. The Balaban J connectivity index is 2.30. The van der Waals surface area contributed by atoms with Crippen LogP contribution in [-0.2, 0) is 4.79 Å². The van der Waals surface area contributed by atoms with Crippen molar-refractivity contribution in [2.45, 2.75) is 32.2 Å². The van der Waals surface area contributed by atoms with E-state index < -0.39 is 0 Å². The highest BCUT2D eigenvalue weighted by Gasteiger charge is 2.23. The van der Waals surface area contributed by atoms with Crippen molar-refractivity contribution in [2.24, 2.45) is 0 Å². The van der Waals surface area contributed by atoms with Crippen molar-refractivity contribution in [3.05, 3.63) is 42.1 Å². The quantitative estimate of drug-likeness (QED) is 0.539. The number of aryl methyl sites for hydroxylation is 1. The molecule has 0 aliphatic heterocycles. The molecule has 1 amide bonds. The number of amides is 1. The number of carbonyl (C=O) groups is 1. The highest BCUT2D eigenvalue weighted by molar-refractivity contribution is 9.09. The molecular formula is C18H24BrN3O. The third-order valence-corrected chi connectivity index (χ3v) is 4.43. The van der Waals surface area contributed by atoms with Gasteiger partial charge in [-0.3, -0.25) is 9.48 Å². The first-order valence-corrected chi connectivity index (χ1v) is 9.05. The Morgan fingerprint density at radius 2 is 1.96 bits per heavy atom. The molecule has 5 heteroatoms. The zero-order valence-corrected chi connectivity index (χ0v) is 15.6. The lowest BCUT2D eigenvalue weighted by atomic mass is 10.1. The minimum Gasteiger partial charge on any atom is -0.347 e. The molecule has 1 aromatic carbocycles. The van der Waals surface area contributed by atoms with E-state index in [0.29, 0.717) is 0 Å². The Morgan fingerprint density at radius 3 is 2.57 bits per heavy atom. The van der Waals surface area contributed by atoms with Crippen LogP contribution in [0.25, 0.3) is 11.3 Å². The fourth-order valence-corrected chi connectivity index (χ4v) is 3.02. The largest absolute Gasteiger partial charge is 0.347 e. The van der Waals surface area contributed by atoms with E-state index in [9.17, 15) is 4.79 Å². The van der Waals surface area contributed by atoms with E-state index in [1.165, 1.54) is 0 Å². The second kappa shape index (κ2) is 8.29. The van der Waals surface area contributed by atoms with Gasteiger partial charge in [0.2, 0.25) is 5.91 Å². The molecular weight excluding hydrogens is 354 g/mol. The standard InChI is InChI=1S/C18H24BrN3O/c1-14-13-22(20-17(14)15-9-5-4-6-10-15)16(11-7-8-12-19)18(23)21(2)3/h4-6,9-10,13,16H,7-8,11-12H2,1-3H3. The Labute approximate surface area is 146 Å². The number of aromatic nitrogens is 2. The highest BCUT2D eigenvalue weighted by atomic mass is 79.9. The summed E-state index contributed by atoms with van der Waals surface area (Å²) < 4.78 is 1.84. The second-order valence-electron chi connectivity index (χ2n) is 5.94. The smallest absolute Gasteiger partial charge is 0.246 e. The van der Waals surface area contributed by atoms with Gasteiger partial charge in [0.25, 0.3) is 0 Å². The highest BCUT2D eigenvalue weighted by Crippen LogP contribution is 2.25. The van der Waals surface area contributed by atoms with Gasteiger partial charge in [0.05, 0.1) is 5.69 Å². The monoisotopic (exact) mass is 377 g/mol. The normalized spacial score (nSPS) is 12.2. The van der Waals surface area contributed by atoms with Crippen LogP contribution in [0, 0.1) is 6.92 Å². The van der Waals surface area contributed by atoms with E-state index in [1.807, 2.05) is 48.1 Å². The summed E-state index contributed by atoms with van der Waals surface area (Å²) >= 11 is 3.45. The minimum atomic E-state index is -0.236. The van der Waals surface area contributed by atoms with E-state index >= 15 is 0 Å². The van der Waals surface area contributed by atoms with Crippen molar-refractivity contribution in [2.75, 3.05) is 19.4 Å². The lowest BCUT2D eigenvalue weighted by Gasteiger charge is -2.21. The van der Waals surface area contributed by atoms with Gasteiger partial charge in [-0.25, -0.2) is 0 Å². The second-order valence-corrected chi connectivity index (χ2v) is 6.73. The number of benzene rings is 1. The molecule has 0 saturated heterocycles. The molecule has 0 spiro atoms. The zero-order valence-electron chi connectivity index (χ0n) is 14.0. The predicted molar refractivity (Wildman–Crippen MR) is 97.8 cm³/mol. The van der Waals surface area contributed by atoms with Crippen molar-refractivity contribution in [1.82, 2.24) is 14.7 Å². The molecule has 124 valence electrons. The number of alkyl halides is 1. The fourth-order valence-electron chi connectivity index (χ4n) is 2.62. The van der Waals surface area contributed by atoms with Crippen molar-refractivity contribution in [1.29, 1.82) is 0 Å². The van der Waals surface area contributed by atoms with Crippen LogP contribution in [0.2, 0.25) is 0 Å². The Bertz CT molecular complexity index is 637. The summed E-state index contributed by atoms with van der Waals surface area (Å²) in [5.74, 6) is 0.0988. The van der Waals surface area contributed by atoms with Crippen LogP contribution in [0.1, 0.15) is 30.9 Å². The summed E-state index contributed by atoms with van der Waals surface area (Å²) in [5, 5.41) is 5.68. The van der Waals surface area contributed by atoms with Gasteiger partial charge in [0, 0.05) is 31.2 Å². The van der Waals surface area contributed by atoms with Gasteiger partial charge in [-0.1, -0.05) is 46.3 Å². The summed E-state index contributed by atoms with van der Waals surface area (Å²) in [7, 11) is 3.60. The summed E-state index contributed by atoms with van der Waals surface area (Å²) in [4.78, 5) is 14.2. The maximum Gasteiger partial charge on any atom is 0.246 e. The molecule has 1 atom stereocenters. The van der Waals surface area contributed by atoms with E-state index in [2.05, 4.69) is 15.9 Å². The van der Waals surface area contributed by atoms with Crippen LogP contribution in [0.4, 0.5) is 0 Å². The first kappa shape index (κ1) is 17.7. The van der Waals surface area contributed by atoms with Crippen LogP contribution >= 0.6 is 15.9 Å². The molecule has 0 fully saturated rings. The number of hydrogen-bond acceptors (Lipinski definition) is 2. The predicted octanol–water partition coefficient (Wildman–Crippen LogP) is 4.05. The maximum absolute atomic E-state index is 12.5. The Kier molecular flexibility index (Phi) is 6.39. The number of unbranched alkanes of at least 4 members (excludes halogenated alkanes) is 1. The lowest BCUT2D eigenvalue weighted by Crippen LogP contribution is -2.32. The number of nitrogens with zero attached hydrogens (tertiary/aromatic N) is 3. The number of hydrogen-bond donors (Lipinski definition) is 0. The average molecular weight is 378 g/mol. The van der Waals surface area contributed by atoms with Crippen molar-refractivity contribution < 1.29 is 4.79 Å². The van der Waals surface area contributed by atoms with E-state index in [1.54, 1.807) is 19.0 Å². The van der Waals surface area contributed by atoms with Gasteiger partial charge in [0.15, 0.2) is 0 Å². The molecule has 0 N–H and O–H groups in total. The lowest BCUT2D eigenvalue weighted by molar-refractivity contribution is -0.132. The summed E-state index contributed by atoms with van der Waals surface area (Å²) in [5.41, 5.74) is 3.12. The molecule has 1 unspecified atom stereocenters. The molecule has 23 heavy (non-hydrogen) atoms. The van der Waals surface area contributed by atoms with Crippen LogP contribution in [-0.4, -0.2) is 40.0 Å². The summed E-state index contributed by atoms with van der Waals surface area (Å²) in [6.45, 7) is 2.04. The van der Waals surface area contributed by atoms with Crippen LogP contribution < -0.4 is 0 Å². The van der Waals surface area contributed by atoms with Crippen LogP contribution in [0.3, 0.4) is 0 Å². The van der Waals surface area contributed by atoms with Gasteiger partial charge >= 0.3 is 0 Å². The summed E-state index contributed by atoms with van der Waals surface area (Å²) in [6, 6.07) is 9.87. The number of carbonyl (C=O) groups excluding carboxylic acids is 1. The molecule has 0 bridgehead atoms. The summed E-state index contributed by atoms with van der Waals surface area (Å²) in [6.07, 6.45) is 4.85. The van der Waals surface area contributed by atoms with Gasteiger partial charge in [0.1, 0.15) is 6.04 Å². The zero-order chi connectivity index (χ0) is 16.8. The van der Waals surface area contributed by atoms with Gasteiger partial charge in [-0.15, -0.1) is 0 Å². The maximum atomic E-state index is 12.5. The van der Waals surface area contributed by atoms with Gasteiger partial charge in [-0.2, -0.15) is 5.10 Å². The Hall–Kier alpha value is -1.62. The molecule has 0 aliphatic carbocycles. The van der Waals surface area contributed by atoms with E-state index in [0.717, 1.165) is 41.4 Å². The third-order valence-electron chi connectivity index (χ3n) is 3.87. The van der Waals surface area contributed by atoms with Crippen LogP contribution in [0.5, 0.6) is 0 Å². The van der Waals surface area contributed by atoms with E-state index in [4.69, 9.17) is 5.10 Å². The average Bonchev–Trinajstić information content (AvgIpc) is 2.93. The molecule has 0 saturated carbocycles. The minimum absolute atomic E-state index is 0.0988. The SMILES string of the molecule is Cc1cn(C(CCCCBr)C(=O)N(C)C)nc1-c1ccccc1. The molecule has 2 rings (SSSR count). The fraction of sp³-hybridized carbons (Fsp3) is 0.444. The number of halogens is 1. The first-order chi connectivity index (χ1) is 11.0. The molecule has 0 aliphatic rings. The van der Waals surface area contributed by atoms with Crippen molar-refractivity contribution in [3.63, 3.8) is 0 Å². The van der Waals surface area contributed by atoms with E-state index in [-0.39, 0.29) is 11.9 Å². The van der Waals surface area contributed by atoms with Crippen LogP contribution in [0.15, 0.2) is 36.5 Å². The molecule has 4 nitrogen and oxygen atoms in total. The van der Waals surface area contributed by atoms with Crippen molar-refractivity contribution in [3.8, 4) is 11.3 Å². The third kappa shape index (κ3) is 4.44.